The lowest BCUT2D eigenvalue weighted by molar-refractivity contribution is 1.25. The standard InChI is InChI=1S/C10H12BrN/c1-8(5-6-12)9-3-2-4-10(11)7-9/h2-5,7H,6,12H2,1H3. The van der Waals surface area contributed by atoms with Crippen LogP contribution in [0.1, 0.15) is 12.5 Å². The van der Waals surface area contributed by atoms with Crippen LogP contribution in [0.5, 0.6) is 0 Å². The summed E-state index contributed by atoms with van der Waals surface area (Å²) in [6.07, 6.45) is 2.02. The summed E-state index contributed by atoms with van der Waals surface area (Å²) in [5.74, 6) is 0. The molecule has 0 saturated heterocycles. The van der Waals surface area contributed by atoms with Gasteiger partial charge in [-0.25, -0.2) is 0 Å². The molecule has 1 aromatic carbocycles. The molecule has 0 saturated carbocycles. The van der Waals surface area contributed by atoms with E-state index in [0.717, 1.165) is 4.47 Å². The maximum Gasteiger partial charge on any atom is 0.0181 e. The molecule has 0 fully saturated rings. The zero-order valence-corrected chi connectivity index (χ0v) is 8.64. The molecule has 0 heterocycles. The molecule has 0 aromatic heterocycles. The van der Waals surface area contributed by atoms with Crippen molar-refractivity contribution >= 4 is 21.5 Å². The minimum atomic E-state index is 0.596. The van der Waals surface area contributed by atoms with Gasteiger partial charge in [0.15, 0.2) is 0 Å². The Kier molecular flexibility index (Phi) is 3.50. The maximum absolute atomic E-state index is 5.42. The third-order valence-electron chi connectivity index (χ3n) is 1.70. The van der Waals surface area contributed by atoms with Crippen LogP contribution in [0.15, 0.2) is 34.8 Å². The second-order valence-electron chi connectivity index (χ2n) is 2.63. The van der Waals surface area contributed by atoms with Crippen molar-refractivity contribution < 1.29 is 0 Å². The monoisotopic (exact) mass is 225 g/mol. The summed E-state index contributed by atoms with van der Waals surface area (Å²) in [5.41, 5.74) is 7.86. The molecule has 64 valence electrons. The van der Waals surface area contributed by atoms with E-state index in [9.17, 15) is 0 Å². The highest BCUT2D eigenvalue weighted by Gasteiger charge is 1.94. The number of nitrogens with two attached hydrogens (primary N) is 1. The zero-order chi connectivity index (χ0) is 8.97. The summed E-state index contributed by atoms with van der Waals surface area (Å²) < 4.78 is 1.10. The first-order valence-electron chi connectivity index (χ1n) is 3.87. The van der Waals surface area contributed by atoms with Crippen molar-refractivity contribution in [1.29, 1.82) is 0 Å². The van der Waals surface area contributed by atoms with E-state index in [1.807, 2.05) is 18.2 Å². The molecule has 0 aliphatic carbocycles. The Labute approximate surface area is 81.4 Å². The first-order valence-corrected chi connectivity index (χ1v) is 4.66. The molecule has 0 atom stereocenters. The lowest BCUT2D eigenvalue weighted by Gasteiger charge is -2.00. The Morgan fingerprint density at radius 2 is 2.33 bits per heavy atom. The molecule has 0 aliphatic rings. The predicted molar refractivity (Wildman–Crippen MR) is 56.8 cm³/mol. The average molecular weight is 226 g/mol. The van der Waals surface area contributed by atoms with Gasteiger partial charge in [0, 0.05) is 11.0 Å². The molecular weight excluding hydrogens is 214 g/mol. The highest BCUT2D eigenvalue weighted by atomic mass is 79.9. The lowest BCUT2D eigenvalue weighted by Crippen LogP contribution is -1.94. The van der Waals surface area contributed by atoms with Crippen molar-refractivity contribution in [1.82, 2.24) is 0 Å². The van der Waals surface area contributed by atoms with E-state index in [4.69, 9.17) is 5.73 Å². The molecule has 1 rings (SSSR count). The number of allylic oxidation sites excluding steroid dienone is 1. The largest absolute Gasteiger partial charge is 0.327 e. The van der Waals surface area contributed by atoms with Crippen LogP contribution in [0.3, 0.4) is 0 Å². The zero-order valence-electron chi connectivity index (χ0n) is 7.05. The molecule has 0 unspecified atom stereocenters. The fraction of sp³-hybridized carbons (Fsp3) is 0.200. The molecular formula is C10H12BrN. The van der Waals surface area contributed by atoms with Gasteiger partial charge >= 0.3 is 0 Å². The summed E-state index contributed by atoms with van der Waals surface area (Å²) in [7, 11) is 0. The van der Waals surface area contributed by atoms with Crippen molar-refractivity contribution in [3.63, 3.8) is 0 Å². The smallest absolute Gasteiger partial charge is 0.0181 e. The number of hydrogen-bond acceptors (Lipinski definition) is 1. The second kappa shape index (κ2) is 4.43. The van der Waals surface area contributed by atoms with Gasteiger partial charge in [-0.05, 0) is 30.2 Å². The van der Waals surface area contributed by atoms with Crippen LogP contribution < -0.4 is 5.73 Å². The molecule has 2 heteroatoms. The Balaban J connectivity index is 2.95. The fourth-order valence-corrected chi connectivity index (χ4v) is 1.43. The van der Waals surface area contributed by atoms with Gasteiger partial charge in [0.05, 0.1) is 0 Å². The van der Waals surface area contributed by atoms with Crippen LogP contribution in [0.25, 0.3) is 5.57 Å². The first-order chi connectivity index (χ1) is 5.74. The Hall–Kier alpha value is -0.600. The number of hydrogen-bond donors (Lipinski definition) is 1. The summed E-state index contributed by atoms with van der Waals surface area (Å²) >= 11 is 3.42. The average Bonchev–Trinajstić information content (AvgIpc) is 2.05. The molecule has 0 spiro atoms. The van der Waals surface area contributed by atoms with E-state index in [1.54, 1.807) is 0 Å². The predicted octanol–water partition coefficient (Wildman–Crippen LogP) is 2.81. The summed E-state index contributed by atoms with van der Waals surface area (Å²) in [4.78, 5) is 0. The van der Waals surface area contributed by atoms with Crippen molar-refractivity contribution in [3.8, 4) is 0 Å². The molecule has 0 aliphatic heterocycles. The Morgan fingerprint density at radius 3 is 2.92 bits per heavy atom. The van der Waals surface area contributed by atoms with Gasteiger partial charge in [-0.3, -0.25) is 0 Å². The van der Waals surface area contributed by atoms with Crippen LogP contribution in [0, 0.1) is 0 Å². The van der Waals surface area contributed by atoms with E-state index in [1.165, 1.54) is 11.1 Å². The molecule has 0 bridgehead atoms. The van der Waals surface area contributed by atoms with E-state index >= 15 is 0 Å². The summed E-state index contributed by atoms with van der Waals surface area (Å²) in [6, 6.07) is 8.19. The van der Waals surface area contributed by atoms with Crippen molar-refractivity contribution in [2.75, 3.05) is 6.54 Å². The van der Waals surface area contributed by atoms with Gasteiger partial charge in [0.25, 0.3) is 0 Å². The van der Waals surface area contributed by atoms with Gasteiger partial charge in [-0.15, -0.1) is 0 Å². The number of benzene rings is 1. The topological polar surface area (TPSA) is 26.0 Å². The van der Waals surface area contributed by atoms with Gasteiger partial charge in [-0.2, -0.15) is 0 Å². The minimum Gasteiger partial charge on any atom is -0.327 e. The molecule has 2 N–H and O–H groups in total. The molecule has 1 nitrogen and oxygen atoms in total. The first kappa shape index (κ1) is 9.49. The highest BCUT2D eigenvalue weighted by Crippen LogP contribution is 2.17. The third kappa shape index (κ3) is 2.47. The van der Waals surface area contributed by atoms with Crippen LogP contribution in [0.2, 0.25) is 0 Å². The van der Waals surface area contributed by atoms with Crippen LogP contribution in [-0.4, -0.2) is 6.54 Å². The maximum atomic E-state index is 5.42. The van der Waals surface area contributed by atoms with E-state index in [0.29, 0.717) is 6.54 Å². The lowest BCUT2D eigenvalue weighted by atomic mass is 10.1. The number of rotatable bonds is 2. The van der Waals surface area contributed by atoms with E-state index in [-0.39, 0.29) is 0 Å². The van der Waals surface area contributed by atoms with Gasteiger partial charge in [0.2, 0.25) is 0 Å². The molecule has 0 amide bonds. The van der Waals surface area contributed by atoms with Crippen LogP contribution in [0.4, 0.5) is 0 Å². The summed E-state index contributed by atoms with van der Waals surface area (Å²) in [5, 5.41) is 0. The van der Waals surface area contributed by atoms with E-state index < -0.39 is 0 Å². The van der Waals surface area contributed by atoms with E-state index in [2.05, 4.69) is 35.0 Å². The van der Waals surface area contributed by atoms with Gasteiger partial charge in [0.1, 0.15) is 0 Å². The molecule has 12 heavy (non-hydrogen) atoms. The quantitative estimate of drug-likeness (QED) is 0.824. The normalized spacial score (nSPS) is 11.8. The van der Waals surface area contributed by atoms with Crippen molar-refractivity contribution in [2.45, 2.75) is 6.92 Å². The van der Waals surface area contributed by atoms with Gasteiger partial charge in [-0.1, -0.05) is 34.1 Å². The molecule has 1 aromatic rings. The fourth-order valence-electron chi connectivity index (χ4n) is 1.03. The summed E-state index contributed by atoms with van der Waals surface area (Å²) in [6.45, 7) is 2.66. The Morgan fingerprint density at radius 1 is 1.58 bits per heavy atom. The Bertz CT molecular complexity index is 292. The minimum absolute atomic E-state index is 0.596. The second-order valence-corrected chi connectivity index (χ2v) is 3.55. The third-order valence-corrected chi connectivity index (χ3v) is 2.20. The SMILES string of the molecule is CC(=CCN)c1cccc(Br)c1. The van der Waals surface area contributed by atoms with Crippen molar-refractivity contribution in [3.05, 3.63) is 40.4 Å². The van der Waals surface area contributed by atoms with Crippen LogP contribution in [-0.2, 0) is 0 Å². The number of halogens is 1. The van der Waals surface area contributed by atoms with Crippen molar-refractivity contribution in [2.24, 2.45) is 5.73 Å². The van der Waals surface area contributed by atoms with Gasteiger partial charge < -0.3 is 5.73 Å². The van der Waals surface area contributed by atoms with Crippen LogP contribution >= 0.6 is 15.9 Å². The highest BCUT2D eigenvalue weighted by molar-refractivity contribution is 9.10. The molecule has 0 radical (unpaired) electrons.